The number of Topliss-reactive ketones (excluding diaryl/α,β-unsaturated/α-hetero) is 1. The van der Waals surface area contributed by atoms with Gasteiger partial charge in [-0.1, -0.05) is 24.2 Å². The molecule has 1 N–H and O–H groups in total. The molecule has 0 aliphatic heterocycles. The van der Waals surface area contributed by atoms with Crippen LogP contribution >= 0.6 is 0 Å². The summed E-state index contributed by atoms with van der Waals surface area (Å²) in [5, 5.41) is 3.99. The van der Waals surface area contributed by atoms with Gasteiger partial charge in [-0.15, -0.1) is 10.7 Å². The molecule has 1 aromatic carbocycles. The van der Waals surface area contributed by atoms with Crippen LogP contribution in [0.3, 0.4) is 0 Å². The summed E-state index contributed by atoms with van der Waals surface area (Å²) in [6.07, 6.45) is 3.09. The van der Waals surface area contributed by atoms with Crippen LogP contribution in [-0.4, -0.2) is 29.6 Å². The van der Waals surface area contributed by atoms with Crippen molar-refractivity contribution < 1.29 is 14.1 Å². The molecule has 0 aliphatic carbocycles. The zero-order chi connectivity index (χ0) is 16.8. The van der Waals surface area contributed by atoms with Crippen molar-refractivity contribution in [3.63, 3.8) is 0 Å². The highest BCUT2D eigenvalue weighted by atomic mass is 32.2. The Morgan fingerprint density at radius 1 is 1.35 bits per heavy atom. The summed E-state index contributed by atoms with van der Waals surface area (Å²) in [7, 11) is -0.352. The molecule has 0 bridgehead atoms. The molecule has 5 nitrogen and oxygen atoms in total. The number of nitrogens with one attached hydrogen (secondary N) is 1. The monoisotopic (exact) mass is 334 g/mol. The van der Waals surface area contributed by atoms with Crippen LogP contribution in [0.5, 0.6) is 5.75 Å². The highest BCUT2D eigenvalue weighted by Crippen LogP contribution is 2.21. The maximum atomic E-state index is 11.8. The van der Waals surface area contributed by atoms with Crippen LogP contribution in [0.1, 0.15) is 41.2 Å². The lowest BCUT2D eigenvalue weighted by Crippen LogP contribution is -2.06. The molecule has 0 fully saturated rings. The van der Waals surface area contributed by atoms with Crippen molar-refractivity contribution in [2.45, 2.75) is 26.7 Å². The van der Waals surface area contributed by atoms with E-state index in [9.17, 15) is 4.79 Å². The molecular weight excluding hydrogens is 312 g/mol. The lowest BCUT2D eigenvalue weighted by molar-refractivity contribution is 0.101. The minimum Gasteiger partial charge on any atom is -0.493 e. The van der Waals surface area contributed by atoms with Crippen molar-refractivity contribution in [1.29, 1.82) is 4.78 Å². The average Bonchev–Trinajstić information content (AvgIpc) is 2.91. The topological polar surface area (TPSA) is 76.2 Å². The standard InChI is InChI=1S/C17H22N2O3S/c1-4-15-17(12(2)20)16(22-19-15)11-13-5-7-14(8-6-13)21-9-10-23(3)18/h5-8,18H,4,9-11H2,1-3H3. The summed E-state index contributed by atoms with van der Waals surface area (Å²) >= 11 is 0. The van der Waals surface area contributed by atoms with Crippen LogP contribution in [-0.2, 0) is 23.5 Å². The fourth-order valence-corrected chi connectivity index (χ4v) is 2.63. The molecule has 0 aliphatic rings. The molecule has 1 atom stereocenters. The molecule has 2 aromatic rings. The van der Waals surface area contributed by atoms with Gasteiger partial charge in [0.1, 0.15) is 5.75 Å². The van der Waals surface area contributed by atoms with Gasteiger partial charge < -0.3 is 9.26 Å². The van der Waals surface area contributed by atoms with Crippen molar-refractivity contribution in [1.82, 2.24) is 5.16 Å². The second-order valence-corrected chi connectivity index (χ2v) is 7.03. The Morgan fingerprint density at radius 3 is 2.61 bits per heavy atom. The Labute approximate surface area is 138 Å². The van der Waals surface area contributed by atoms with Gasteiger partial charge >= 0.3 is 0 Å². The van der Waals surface area contributed by atoms with Crippen LogP contribution in [0.25, 0.3) is 0 Å². The molecule has 23 heavy (non-hydrogen) atoms. The predicted octanol–water partition coefficient (Wildman–Crippen LogP) is 3.42. The third-order valence-electron chi connectivity index (χ3n) is 3.47. The molecule has 0 spiro atoms. The van der Waals surface area contributed by atoms with E-state index < -0.39 is 0 Å². The third-order valence-corrected chi connectivity index (χ3v) is 4.25. The first-order valence-electron chi connectivity index (χ1n) is 7.55. The molecule has 1 aromatic heterocycles. The summed E-state index contributed by atoms with van der Waals surface area (Å²) < 4.78 is 18.4. The highest BCUT2D eigenvalue weighted by molar-refractivity contribution is 7.85. The van der Waals surface area contributed by atoms with Crippen molar-refractivity contribution in [3.8, 4) is 5.75 Å². The normalized spacial score (nSPS) is 12.1. The van der Waals surface area contributed by atoms with Crippen LogP contribution in [0, 0.1) is 4.78 Å². The third kappa shape index (κ3) is 4.76. The lowest BCUT2D eigenvalue weighted by Gasteiger charge is -2.07. The van der Waals surface area contributed by atoms with Gasteiger partial charge in [0.2, 0.25) is 0 Å². The average molecular weight is 334 g/mol. The van der Waals surface area contributed by atoms with E-state index in [1.54, 1.807) is 6.92 Å². The zero-order valence-corrected chi connectivity index (χ0v) is 14.5. The quantitative estimate of drug-likeness (QED) is 0.751. The minimum absolute atomic E-state index is 0.0107. The first-order valence-corrected chi connectivity index (χ1v) is 9.35. The summed E-state index contributed by atoms with van der Waals surface area (Å²) in [6, 6.07) is 7.72. The Hall–Kier alpha value is -1.95. The zero-order valence-electron chi connectivity index (χ0n) is 13.7. The van der Waals surface area contributed by atoms with E-state index >= 15 is 0 Å². The van der Waals surface area contributed by atoms with E-state index in [1.807, 2.05) is 37.4 Å². The number of hydrogen-bond donors (Lipinski definition) is 1. The van der Waals surface area contributed by atoms with E-state index in [2.05, 4.69) is 5.16 Å². The molecule has 6 heteroatoms. The summed E-state index contributed by atoms with van der Waals surface area (Å²) in [6.45, 7) is 4.05. The highest BCUT2D eigenvalue weighted by Gasteiger charge is 2.18. The van der Waals surface area contributed by atoms with Crippen molar-refractivity contribution in [3.05, 3.63) is 46.8 Å². The minimum atomic E-state index is -0.352. The molecule has 0 radical (unpaired) electrons. The summed E-state index contributed by atoms with van der Waals surface area (Å²) in [5.41, 5.74) is 2.37. The summed E-state index contributed by atoms with van der Waals surface area (Å²) in [5.74, 6) is 2.13. The predicted molar refractivity (Wildman–Crippen MR) is 91.5 cm³/mol. The molecule has 0 saturated carbocycles. The largest absolute Gasteiger partial charge is 0.493 e. The number of benzene rings is 1. The molecular formula is C17H22N2O3S. The number of carbonyl (C=O) groups is 1. The molecule has 0 amide bonds. The molecule has 0 saturated heterocycles. The van der Waals surface area contributed by atoms with Gasteiger partial charge in [0.25, 0.3) is 0 Å². The SMILES string of the molecule is CCc1noc(Cc2ccc(OCCS(C)=N)cc2)c1C(C)=O. The summed E-state index contributed by atoms with van der Waals surface area (Å²) in [4.78, 5) is 11.8. The van der Waals surface area contributed by atoms with E-state index in [-0.39, 0.29) is 16.5 Å². The second kappa shape index (κ2) is 8.06. The number of aromatic nitrogens is 1. The molecule has 124 valence electrons. The molecule has 2 rings (SSSR count). The van der Waals surface area contributed by atoms with Gasteiger partial charge in [0.05, 0.1) is 17.9 Å². The number of hydrogen-bond acceptors (Lipinski definition) is 5. The number of carbonyl (C=O) groups excluding carboxylic acids is 1. The van der Waals surface area contributed by atoms with Gasteiger partial charge in [-0.05, 0) is 37.3 Å². The van der Waals surface area contributed by atoms with Crippen LogP contribution in [0.15, 0.2) is 28.8 Å². The van der Waals surface area contributed by atoms with E-state index in [0.29, 0.717) is 30.8 Å². The van der Waals surface area contributed by atoms with Gasteiger partial charge in [-0.2, -0.15) is 0 Å². The van der Waals surface area contributed by atoms with Gasteiger partial charge in [-0.3, -0.25) is 9.57 Å². The number of nitrogens with zero attached hydrogens (tertiary/aromatic N) is 1. The Kier molecular flexibility index (Phi) is 6.10. The number of ether oxygens (including phenoxy) is 1. The molecule has 1 heterocycles. The fourth-order valence-electron chi connectivity index (χ4n) is 2.30. The first kappa shape index (κ1) is 17.4. The number of ketones is 1. The molecule has 1 unspecified atom stereocenters. The maximum Gasteiger partial charge on any atom is 0.165 e. The van der Waals surface area contributed by atoms with Crippen molar-refractivity contribution >= 4 is 16.5 Å². The van der Waals surface area contributed by atoms with E-state index in [1.165, 1.54) is 0 Å². The lowest BCUT2D eigenvalue weighted by atomic mass is 10.0. The smallest absolute Gasteiger partial charge is 0.165 e. The van der Waals surface area contributed by atoms with E-state index in [4.69, 9.17) is 14.0 Å². The van der Waals surface area contributed by atoms with Gasteiger partial charge in [-0.25, -0.2) is 0 Å². The Morgan fingerprint density at radius 2 is 2.04 bits per heavy atom. The van der Waals surface area contributed by atoms with Crippen LogP contribution < -0.4 is 4.74 Å². The number of rotatable bonds is 8. The van der Waals surface area contributed by atoms with Gasteiger partial charge in [0, 0.05) is 12.2 Å². The van der Waals surface area contributed by atoms with Crippen molar-refractivity contribution in [2.24, 2.45) is 0 Å². The van der Waals surface area contributed by atoms with Crippen LogP contribution in [0.4, 0.5) is 0 Å². The maximum absolute atomic E-state index is 11.8. The first-order chi connectivity index (χ1) is 11.0. The van der Waals surface area contributed by atoms with Gasteiger partial charge in [0.15, 0.2) is 11.5 Å². The van der Waals surface area contributed by atoms with E-state index in [0.717, 1.165) is 22.8 Å². The second-order valence-electron chi connectivity index (χ2n) is 5.35. The fraction of sp³-hybridized carbons (Fsp3) is 0.412. The van der Waals surface area contributed by atoms with Crippen LogP contribution in [0.2, 0.25) is 0 Å². The number of aryl methyl sites for hydroxylation is 1. The van der Waals surface area contributed by atoms with Crippen molar-refractivity contribution in [2.75, 3.05) is 18.6 Å². The Balaban J connectivity index is 2.05. The Bertz CT molecular complexity index is 692.